The lowest BCUT2D eigenvalue weighted by atomic mass is 10.1. The lowest BCUT2D eigenvalue weighted by Gasteiger charge is -2.11. The number of nitrogens with one attached hydrogen (secondary N) is 1. The van der Waals surface area contributed by atoms with Gasteiger partial charge in [0.1, 0.15) is 5.82 Å². The van der Waals surface area contributed by atoms with E-state index in [4.69, 9.17) is 15.3 Å². The lowest BCUT2D eigenvalue weighted by Crippen LogP contribution is -2.07. The van der Waals surface area contributed by atoms with E-state index >= 15 is 0 Å². The minimum absolute atomic E-state index is 0.434. The molecule has 3 aromatic heterocycles. The third-order valence-corrected chi connectivity index (χ3v) is 4.58. The number of aryl methyl sites for hydroxylation is 1. The van der Waals surface area contributed by atoms with Gasteiger partial charge in [0.05, 0.1) is 10.2 Å². The number of pyridine rings is 2. The summed E-state index contributed by atoms with van der Waals surface area (Å²) in [4.78, 5) is 9.09. The van der Waals surface area contributed by atoms with Gasteiger partial charge in [-0.1, -0.05) is 0 Å². The van der Waals surface area contributed by atoms with Gasteiger partial charge in [-0.25, -0.2) is 14.6 Å². The molecule has 1 aliphatic rings. The molecule has 0 bridgehead atoms. The Kier molecular flexibility index (Phi) is 3.41. The predicted octanol–water partition coefficient (Wildman–Crippen LogP) is 2.83. The summed E-state index contributed by atoms with van der Waals surface area (Å²) in [7, 11) is 0. The van der Waals surface area contributed by atoms with Gasteiger partial charge in [-0.2, -0.15) is 0 Å². The molecule has 1 aliphatic carbocycles. The molecule has 3 heterocycles. The van der Waals surface area contributed by atoms with Crippen LogP contribution in [0.4, 0.5) is 11.5 Å². The maximum atomic E-state index is 6.22. The van der Waals surface area contributed by atoms with Crippen molar-refractivity contribution in [1.82, 2.24) is 20.3 Å². The van der Waals surface area contributed by atoms with Crippen LogP contribution in [0, 0.1) is 6.92 Å². The highest BCUT2D eigenvalue weighted by molar-refractivity contribution is 9.10. The standard InChI is InChI=1S/C15H15BrN6O/c1-7-10(12(17)13-15(18-7)22-23-21-13)6-9-4-5-11(16)14(20-9)19-8-2-3-8/h4-5,8H,2-3,6,17H2,1H3,(H,19,20). The molecule has 0 aromatic carbocycles. The van der Waals surface area contributed by atoms with Crippen LogP contribution in [0.25, 0.3) is 11.2 Å². The van der Waals surface area contributed by atoms with Crippen LogP contribution in [-0.4, -0.2) is 26.3 Å². The molecular weight excluding hydrogens is 360 g/mol. The van der Waals surface area contributed by atoms with Crippen molar-refractivity contribution in [3.8, 4) is 0 Å². The summed E-state index contributed by atoms with van der Waals surface area (Å²) in [5.74, 6) is 0.873. The average molecular weight is 375 g/mol. The van der Waals surface area contributed by atoms with Crippen molar-refractivity contribution in [2.45, 2.75) is 32.2 Å². The minimum Gasteiger partial charge on any atom is -0.396 e. The van der Waals surface area contributed by atoms with Gasteiger partial charge in [-0.3, -0.25) is 0 Å². The Morgan fingerprint density at radius 2 is 2.13 bits per heavy atom. The second kappa shape index (κ2) is 5.45. The molecular formula is C15H15BrN6O. The molecule has 1 fully saturated rings. The Hall–Kier alpha value is -2.22. The maximum absolute atomic E-state index is 6.22. The van der Waals surface area contributed by atoms with E-state index in [1.807, 2.05) is 19.1 Å². The summed E-state index contributed by atoms with van der Waals surface area (Å²) in [6.07, 6.45) is 2.98. The van der Waals surface area contributed by atoms with E-state index in [0.29, 0.717) is 29.3 Å². The summed E-state index contributed by atoms with van der Waals surface area (Å²) in [6, 6.07) is 4.52. The van der Waals surface area contributed by atoms with Crippen molar-refractivity contribution in [2.24, 2.45) is 0 Å². The first-order valence-corrected chi connectivity index (χ1v) is 8.20. The normalized spacial score (nSPS) is 14.3. The quantitative estimate of drug-likeness (QED) is 0.723. The van der Waals surface area contributed by atoms with Crippen molar-refractivity contribution < 1.29 is 4.63 Å². The molecule has 0 saturated heterocycles. The Morgan fingerprint density at radius 1 is 1.30 bits per heavy atom. The van der Waals surface area contributed by atoms with Crippen LogP contribution in [0.1, 0.15) is 29.8 Å². The Morgan fingerprint density at radius 3 is 2.91 bits per heavy atom. The number of rotatable bonds is 4. The molecule has 3 aromatic rings. The zero-order valence-electron chi connectivity index (χ0n) is 12.5. The van der Waals surface area contributed by atoms with Crippen LogP contribution in [0.15, 0.2) is 21.2 Å². The molecule has 0 unspecified atom stereocenters. The SMILES string of the molecule is Cc1nc2nonc2c(N)c1Cc1ccc(Br)c(NC2CC2)n1. The summed E-state index contributed by atoms with van der Waals surface area (Å²) >= 11 is 3.54. The van der Waals surface area contributed by atoms with Crippen molar-refractivity contribution in [3.63, 3.8) is 0 Å². The summed E-state index contributed by atoms with van der Waals surface area (Å²) in [5.41, 5.74) is 10.3. The van der Waals surface area contributed by atoms with Gasteiger partial charge < -0.3 is 11.1 Å². The molecule has 7 nitrogen and oxygen atoms in total. The van der Waals surface area contributed by atoms with E-state index in [2.05, 4.69) is 36.5 Å². The number of anilines is 2. The van der Waals surface area contributed by atoms with Gasteiger partial charge in [0.2, 0.25) is 5.65 Å². The van der Waals surface area contributed by atoms with Crippen LogP contribution in [0.2, 0.25) is 0 Å². The molecule has 1 saturated carbocycles. The highest BCUT2D eigenvalue weighted by Gasteiger charge is 2.22. The second-order valence-electron chi connectivity index (χ2n) is 5.75. The van der Waals surface area contributed by atoms with Gasteiger partial charge in [0, 0.05) is 29.4 Å². The zero-order chi connectivity index (χ0) is 16.0. The Balaban J connectivity index is 1.70. The molecule has 0 amide bonds. The monoisotopic (exact) mass is 374 g/mol. The topological polar surface area (TPSA) is 103 Å². The lowest BCUT2D eigenvalue weighted by molar-refractivity contribution is 0.315. The van der Waals surface area contributed by atoms with Gasteiger partial charge in [0.15, 0.2) is 5.52 Å². The molecule has 23 heavy (non-hydrogen) atoms. The van der Waals surface area contributed by atoms with Gasteiger partial charge in [0.25, 0.3) is 0 Å². The summed E-state index contributed by atoms with van der Waals surface area (Å²) in [5, 5.41) is 11.0. The van der Waals surface area contributed by atoms with E-state index in [-0.39, 0.29) is 0 Å². The van der Waals surface area contributed by atoms with Crippen LogP contribution in [0.5, 0.6) is 0 Å². The molecule has 8 heteroatoms. The Bertz CT molecular complexity index is 889. The van der Waals surface area contributed by atoms with E-state index < -0.39 is 0 Å². The van der Waals surface area contributed by atoms with Crippen LogP contribution >= 0.6 is 15.9 Å². The third kappa shape index (κ3) is 2.74. The largest absolute Gasteiger partial charge is 0.396 e. The fraction of sp³-hybridized carbons (Fsp3) is 0.333. The molecule has 3 N–H and O–H groups in total. The molecule has 0 aliphatic heterocycles. The van der Waals surface area contributed by atoms with Gasteiger partial charge >= 0.3 is 0 Å². The van der Waals surface area contributed by atoms with Crippen molar-refractivity contribution in [3.05, 3.63) is 33.6 Å². The fourth-order valence-corrected chi connectivity index (χ4v) is 2.83. The first-order valence-electron chi connectivity index (χ1n) is 7.41. The van der Waals surface area contributed by atoms with Crippen LogP contribution in [0.3, 0.4) is 0 Å². The molecule has 118 valence electrons. The van der Waals surface area contributed by atoms with E-state index in [1.165, 1.54) is 12.8 Å². The first kappa shape index (κ1) is 14.4. The van der Waals surface area contributed by atoms with Crippen LogP contribution in [-0.2, 0) is 6.42 Å². The van der Waals surface area contributed by atoms with E-state index in [0.717, 1.165) is 27.2 Å². The number of nitrogen functional groups attached to an aromatic ring is 1. The zero-order valence-corrected chi connectivity index (χ0v) is 14.1. The second-order valence-corrected chi connectivity index (χ2v) is 6.61. The minimum atomic E-state index is 0.434. The number of aromatic nitrogens is 4. The number of halogens is 1. The number of nitrogens with zero attached hydrogens (tertiary/aromatic N) is 4. The molecule has 0 atom stereocenters. The smallest absolute Gasteiger partial charge is 0.226 e. The van der Waals surface area contributed by atoms with Crippen LogP contribution < -0.4 is 11.1 Å². The third-order valence-electron chi connectivity index (χ3n) is 3.94. The van der Waals surface area contributed by atoms with Crippen molar-refractivity contribution in [2.75, 3.05) is 11.1 Å². The highest BCUT2D eigenvalue weighted by Crippen LogP contribution is 2.30. The van der Waals surface area contributed by atoms with Gasteiger partial charge in [-0.15, -0.1) is 0 Å². The van der Waals surface area contributed by atoms with Crippen molar-refractivity contribution >= 4 is 38.6 Å². The first-order chi connectivity index (χ1) is 11.1. The molecule has 0 spiro atoms. The number of fused-ring (bicyclic) bond motifs is 1. The van der Waals surface area contributed by atoms with Gasteiger partial charge in [-0.05, 0) is 58.1 Å². The molecule has 0 radical (unpaired) electrons. The Labute approximate surface area is 140 Å². The number of nitrogens with two attached hydrogens (primary N) is 1. The van der Waals surface area contributed by atoms with Crippen molar-refractivity contribution in [1.29, 1.82) is 0 Å². The summed E-state index contributed by atoms with van der Waals surface area (Å²) in [6.45, 7) is 1.90. The average Bonchev–Trinajstić information content (AvgIpc) is 3.22. The fourth-order valence-electron chi connectivity index (χ4n) is 2.50. The van der Waals surface area contributed by atoms with E-state index in [9.17, 15) is 0 Å². The maximum Gasteiger partial charge on any atom is 0.226 e. The predicted molar refractivity (Wildman–Crippen MR) is 90.1 cm³/mol. The molecule has 4 rings (SSSR count). The number of hydrogen-bond acceptors (Lipinski definition) is 7. The summed E-state index contributed by atoms with van der Waals surface area (Å²) < 4.78 is 5.68. The number of hydrogen-bond donors (Lipinski definition) is 2. The van der Waals surface area contributed by atoms with E-state index in [1.54, 1.807) is 0 Å². The highest BCUT2D eigenvalue weighted by atomic mass is 79.9.